The molecule has 166 valence electrons. The minimum atomic E-state index is -0.333. The Bertz CT molecular complexity index is 1080. The molecule has 0 bridgehead atoms. The quantitative estimate of drug-likeness (QED) is 0.451. The minimum Gasteiger partial charge on any atom is -0.497 e. The van der Waals surface area contributed by atoms with Crippen LogP contribution in [0.15, 0.2) is 71.6 Å². The smallest absolute Gasteiger partial charge is 0.255 e. The zero-order valence-electron chi connectivity index (χ0n) is 18.5. The lowest BCUT2D eigenvalue weighted by atomic mass is 10.1. The molecule has 2 amide bonds. The number of hydrogen-bond donors (Lipinski definition) is 2. The third-order valence-corrected chi connectivity index (χ3v) is 5.81. The number of carbonyl (C=O) groups is 2. The molecule has 0 aliphatic rings. The van der Waals surface area contributed by atoms with Crippen molar-refractivity contribution < 1.29 is 19.1 Å². The van der Waals surface area contributed by atoms with Gasteiger partial charge in [0.05, 0.1) is 19.5 Å². The van der Waals surface area contributed by atoms with Crippen molar-refractivity contribution in [2.24, 2.45) is 0 Å². The average molecular weight is 451 g/mol. The van der Waals surface area contributed by atoms with Gasteiger partial charge in [-0.15, -0.1) is 11.8 Å². The van der Waals surface area contributed by atoms with Crippen molar-refractivity contribution in [3.63, 3.8) is 0 Å². The van der Waals surface area contributed by atoms with E-state index < -0.39 is 0 Å². The van der Waals surface area contributed by atoms with Gasteiger partial charge in [-0.05, 0) is 50.2 Å². The van der Waals surface area contributed by atoms with E-state index in [1.807, 2.05) is 56.3 Å². The van der Waals surface area contributed by atoms with E-state index in [1.165, 1.54) is 11.8 Å². The highest BCUT2D eigenvalue weighted by Gasteiger charge is 2.16. The lowest BCUT2D eigenvalue weighted by Gasteiger charge is -2.14. The van der Waals surface area contributed by atoms with Crippen LogP contribution in [0.3, 0.4) is 0 Å². The molecule has 3 rings (SSSR count). The van der Waals surface area contributed by atoms with Gasteiger partial charge in [0.2, 0.25) is 5.91 Å². The van der Waals surface area contributed by atoms with Gasteiger partial charge >= 0.3 is 0 Å². The molecule has 0 heterocycles. The maximum absolute atomic E-state index is 12.6. The number of thioether (sulfide) groups is 1. The number of amides is 2. The van der Waals surface area contributed by atoms with E-state index in [4.69, 9.17) is 9.47 Å². The molecule has 2 N–H and O–H groups in total. The molecule has 0 spiro atoms. The maximum atomic E-state index is 12.6. The number of benzene rings is 3. The predicted molar refractivity (Wildman–Crippen MR) is 129 cm³/mol. The van der Waals surface area contributed by atoms with Crippen molar-refractivity contribution in [2.75, 3.05) is 24.9 Å². The summed E-state index contributed by atoms with van der Waals surface area (Å²) in [5, 5.41) is 5.45. The van der Waals surface area contributed by atoms with Crippen molar-refractivity contribution in [2.45, 2.75) is 24.0 Å². The standard InChI is InChI=1S/C25H26N2O4S/c1-16-6-5-7-18(12-16)25(29)26-19-8-10-23(11-9-19)32-17(2)24(28)27-20-13-21(30-3)15-22(14-20)31-4/h5-15,17H,1-4H3,(H,26,29)(H,27,28). The average Bonchev–Trinajstić information content (AvgIpc) is 2.79. The Hall–Kier alpha value is -3.45. The number of rotatable bonds is 8. The second kappa shape index (κ2) is 10.7. The number of ether oxygens (including phenoxy) is 2. The van der Waals surface area contributed by atoms with E-state index >= 15 is 0 Å². The second-order valence-corrected chi connectivity index (χ2v) is 8.61. The van der Waals surface area contributed by atoms with Gasteiger partial charge in [0.15, 0.2) is 0 Å². The zero-order chi connectivity index (χ0) is 23.1. The molecule has 0 aliphatic carbocycles. The van der Waals surface area contributed by atoms with Crippen molar-refractivity contribution >= 4 is 35.0 Å². The highest BCUT2D eigenvalue weighted by molar-refractivity contribution is 8.00. The Morgan fingerprint density at radius 1 is 0.844 bits per heavy atom. The molecule has 6 nitrogen and oxygen atoms in total. The molecule has 1 unspecified atom stereocenters. The van der Waals surface area contributed by atoms with Crippen LogP contribution in [0.2, 0.25) is 0 Å². The van der Waals surface area contributed by atoms with Crippen molar-refractivity contribution in [3.05, 3.63) is 77.9 Å². The summed E-state index contributed by atoms with van der Waals surface area (Å²) in [5.74, 6) is 0.907. The third-order valence-electron chi connectivity index (χ3n) is 4.69. The van der Waals surface area contributed by atoms with E-state index in [1.54, 1.807) is 38.5 Å². The molecule has 3 aromatic rings. The molecule has 0 aromatic heterocycles. The van der Waals surface area contributed by atoms with Crippen LogP contribution < -0.4 is 20.1 Å². The number of aryl methyl sites for hydroxylation is 1. The summed E-state index contributed by atoms with van der Waals surface area (Å²) in [6.45, 7) is 3.79. The van der Waals surface area contributed by atoms with Gasteiger partial charge in [0, 0.05) is 40.0 Å². The zero-order valence-corrected chi connectivity index (χ0v) is 19.3. The lowest BCUT2D eigenvalue weighted by molar-refractivity contribution is -0.115. The Kier molecular flexibility index (Phi) is 7.78. The normalized spacial score (nSPS) is 11.4. The Morgan fingerprint density at radius 2 is 1.50 bits per heavy atom. The van der Waals surface area contributed by atoms with E-state index in [2.05, 4.69) is 10.6 Å². The first-order valence-electron chi connectivity index (χ1n) is 10.1. The van der Waals surface area contributed by atoms with Crippen LogP contribution in [-0.4, -0.2) is 31.3 Å². The van der Waals surface area contributed by atoms with E-state index in [-0.39, 0.29) is 17.1 Å². The van der Waals surface area contributed by atoms with Crippen LogP contribution in [0.25, 0.3) is 0 Å². The summed E-state index contributed by atoms with van der Waals surface area (Å²) in [6, 6.07) is 20.1. The summed E-state index contributed by atoms with van der Waals surface area (Å²) in [5.41, 5.74) is 2.95. The fraction of sp³-hybridized carbons (Fsp3) is 0.200. The van der Waals surface area contributed by atoms with Gasteiger partial charge in [-0.2, -0.15) is 0 Å². The van der Waals surface area contributed by atoms with Gasteiger partial charge in [0.1, 0.15) is 11.5 Å². The molecule has 0 fully saturated rings. The summed E-state index contributed by atoms with van der Waals surface area (Å²) in [6.07, 6.45) is 0. The van der Waals surface area contributed by atoms with Gasteiger partial charge in [-0.3, -0.25) is 9.59 Å². The number of hydrogen-bond acceptors (Lipinski definition) is 5. The van der Waals surface area contributed by atoms with Crippen LogP contribution in [0.5, 0.6) is 11.5 Å². The van der Waals surface area contributed by atoms with Crippen molar-refractivity contribution in [3.8, 4) is 11.5 Å². The van der Waals surface area contributed by atoms with Crippen molar-refractivity contribution in [1.82, 2.24) is 0 Å². The van der Waals surface area contributed by atoms with Gasteiger partial charge < -0.3 is 20.1 Å². The number of carbonyl (C=O) groups excluding carboxylic acids is 2. The summed E-state index contributed by atoms with van der Waals surface area (Å²) >= 11 is 1.43. The SMILES string of the molecule is COc1cc(NC(=O)C(C)Sc2ccc(NC(=O)c3cccc(C)c3)cc2)cc(OC)c1. The second-order valence-electron chi connectivity index (χ2n) is 7.20. The number of methoxy groups -OCH3 is 2. The largest absolute Gasteiger partial charge is 0.497 e. The number of anilines is 2. The van der Waals surface area contributed by atoms with Gasteiger partial charge in [0.25, 0.3) is 5.91 Å². The van der Waals surface area contributed by atoms with E-state index in [9.17, 15) is 9.59 Å². The van der Waals surface area contributed by atoms with Crippen molar-refractivity contribution in [1.29, 1.82) is 0 Å². The molecule has 3 aromatic carbocycles. The summed E-state index contributed by atoms with van der Waals surface area (Å²) in [7, 11) is 3.12. The molecule has 7 heteroatoms. The first kappa shape index (κ1) is 23.2. The van der Waals surface area contributed by atoms with Crippen LogP contribution in [0, 0.1) is 6.92 Å². The summed E-state index contributed by atoms with van der Waals surface area (Å²) < 4.78 is 10.5. The van der Waals surface area contributed by atoms with E-state index in [0.717, 1.165) is 10.5 Å². The topological polar surface area (TPSA) is 76.7 Å². The molecular formula is C25H26N2O4S. The monoisotopic (exact) mass is 450 g/mol. The minimum absolute atomic E-state index is 0.137. The molecule has 32 heavy (non-hydrogen) atoms. The molecule has 0 saturated carbocycles. The van der Waals surface area contributed by atoms with Crippen LogP contribution in [0.4, 0.5) is 11.4 Å². The maximum Gasteiger partial charge on any atom is 0.255 e. The van der Waals surface area contributed by atoms with Crippen LogP contribution in [0.1, 0.15) is 22.8 Å². The highest BCUT2D eigenvalue weighted by Crippen LogP contribution is 2.28. The van der Waals surface area contributed by atoms with E-state index in [0.29, 0.717) is 28.4 Å². The first-order valence-corrected chi connectivity index (χ1v) is 10.9. The molecule has 1 atom stereocenters. The van der Waals surface area contributed by atoms with Crippen LogP contribution in [-0.2, 0) is 4.79 Å². The Balaban J connectivity index is 1.59. The fourth-order valence-corrected chi connectivity index (χ4v) is 3.85. The molecule has 0 saturated heterocycles. The molecule has 0 aliphatic heterocycles. The van der Waals surface area contributed by atoms with Gasteiger partial charge in [-0.1, -0.05) is 17.7 Å². The van der Waals surface area contributed by atoms with Gasteiger partial charge in [-0.25, -0.2) is 0 Å². The number of nitrogens with one attached hydrogen (secondary N) is 2. The molecular weight excluding hydrogens is 424 g/mol. The molecule has 0 radical (unpaired) electrons. The highest BCUT2D eigenvalue weighted by atomic mass is 32.2. The van der Waals surface area contributed by atoms with Crippen LogP contribution >= 0.6 is 11.8 Å². The Morgan fingerprint density at radius 3 is 2.09 bits per heavy atom. The third kappa shape index (κ3) is 6.28. The lowest BCUT2D eigenvalue weighted by Crippen LogP contribution is -2.22. The Labute approximate surface area is 192 Å². The predicted octanol–water partition coefficient (Wildman–Crippen LogP) is 5.38. The summed E-state index contributed by atoms with van der Waals surface area (Å²) in [4.78, 5) is 26.0. The first-order chi connectivity index (χ1) is 15.4. The fourth-order valence-electron chi connectivity index (χ4n) is 2.99.